The van der Waals surface area contributed by atoms with Crippen LogP contribution in [0.4, 0.5) is 16.2 Å². The van der Waals surface area contributed by atoms with Gasteiger partial charge in [-0.15, -0.1) is 0 Å². The lowest BCUT2D eigenvalue weighted by molar-refractivity contribution is 0.240. The number of anilines is 2. The third-order valence-electron chi connectivity index (χ3n) is 6.33. The second-order valence-electron chi connectivity index (χ2n) is 9.35. The van der Waals surface area contributed by atoms with E-state index in [0.717, 1.165) is 43.9 Å². The molecule has 35 heavy (non-hydrogen) atoms. The first-order valence-corrected chi connectivity index (χ1v) is 12.2. The molecule has 2 aromatic carbocycles. The average molecular weight is 478 g/mol. The molecule has 0 atom stereocenters. The monoisotopic (exact) mass is 477 g/mol. The predicted molar refractivity (Wildman–Crippen MR) is 142 cm³/mol. The molecule has 2 heterocycles. The fourth-order valence-electron chi connectivity index (χ4n) is 4.49. The number of hydrogen-bond acceptors (Lipinski definition) is 5. The Labute approximate surface area is 206 Å². The molecule has 1 saturated heterocycles. The summed E-state index contributed by atoms with van der Waals surface area (Å²) in [7, 11) is 1.68. The molecule has 4 rings (SSSR count). The van der Waals surface area contributed by atoms with Crippen LogP contribution in [-0.4, -0.2) is 61.9 Å². The highest BCUT2D eigenvalue weighted by Crippen LogP contribution is 2.22. The number of aromatic nitrogens is 1. The van der Waals surface area contributed by atoms with E-state index in [-0.39, 0.29) is 11.6 Å². The molecule has 8 nitrogen and oxygen atoms in total. The lowest BCUT2D eigenvalue weighted by Crippen LogP contribution is -2.48. The van der Waals surface area contributed by atoms with Gasteiger partial charge in [-0.05, 0) is 36.2 Å². The molecular weight excluding hydrogens is 442 g/mol. The van der Waals surface area contributed by atoms with Crippen molar-refractivity contribution in [2.45, 2.75) is 20.4 Å². The van der Waals surface area contributed by atoms with Gasteiger partial charge in [0, 0.05) is 68.5 Å². The summed E-state index contributed by atoms with van der Waals surface area (Å²) in [6, 6.07) is 15.3. The molecule has 3 aromatic rings. The van der Waals surface area contributed by atoms with Gasteiger partial charge in [0.05, 0.1) is 12.8 Å². The number of carbonyl (C=O) groups is 1. The third-order valence-corrected chi connectivity index (χ3v) is 6.33. The van der Waals surface area contributed by atoms with Crippen LogP contribution < -0.4 is 25.8 Å². The van der Waals surface area contributed by atoms with Crippen LogP contribution in [0.25, 0.3) is 10.8 Å². The topological polar surface area (TPSA) is 78.8 Å². The van der Waals surface area contributed by atoms with Gasteiger partial charge in [0.25, 0.3) is 5.56 Å². The number of pyridine rings is 1. The third kappa shape index (κ3) is 6.14. The van der Waals surface area contributed by atoms with Crippen molar-refractivity contribution in [2.24, 2.45) is 5.92 Å². The highest BCUT2D eigenvalue weighted by atomic mass is 16.5. The van der Waals surface area contributed by atoms with Crippen LogP contribution in [0, 0.1) is 5.92 Å². The number of hydrogen-bond donors (Lipinski definition) is 2. The minimum absolute atomic E-state index is 0.0333. The summed E-state index contributed by atoms with van der Waals surface area (Å²) >= 11 is 0. The maximum Gasteiger partial charge on any atom is 0.319 e. The van der Waals surface area contributed by atoms with Gasteiger partial charge in [0.15, 0.2) is 0 Å². The zero-order valence-corrected chi connectivity index (χ0v) is 20.8. The molecule has 0 radical (unpaired) electrons. The predicted octanol–water partition coefficient (Wildman–Crippen LogP) is 3.61. The van der Waals surface area contributed by atoms with E-state index in [1.807, 2.05) is 36.4 Å². The van der Waals surface area contributed by atoms with Crippen molar-refractivity contribution in [3.63, 3.8) is 0 Å². The number of methoxy groups -OCH3 is 1. The van der Waals surface area contributed by atoms with Crippen LogP contribution in [-0.2, 0) is 6.54 Å². The summed E-state index contributed by atoms with van der Waals surface area (Å²) < 4.78 is 6.93. The van der Waals surface area contributed by atoms with Gasteiger partial charge in [-0.3, -0.25) is 9.69 Å². The van der Waals surface area contributed by atoms with Crippen molar-refractivity contribution < 1.29 is 9.53 Å². The van der Waals surface area contributed by atoms with Crippen LogP contribution in [0.15, 0.2) is 59.5 Å². The van der Waals surface area contributed by atoms with Crippen molar-refractivity contribution in [1.29, 1.82) is 0 Å². The van der Waals surface area contributed by atoms with E-state index < -0.39 is 0 Å². The number of rotatable bonds is 8. The maximum absolute atomic E-state index is 12.8. The first-order valence-electron chi connectivity index (χ1n) is 12.2. The largest absolute Gasteiger partial charge is 0.497 e. The molecule has 8 heteroatoms. The molecule has 0 aliphatic carbocycles. The number of carbonyl (C=O) groups excluding carboxylic acids is 1. The molecule has 0 unspecified atom stereocenters. The number of ether oxygens (including phenoxy) is 1. The first kappa shape index (κ1) is 24.6. The fourth-order valence-corrected chi connectivity index (χ4v) is 4.49. The Hall–Kier alpha value is -3.52. The van der Waals surface area contributed by atoms with Crippen LogP contribution in [0.1, 0.15) is 13.8 Å². The van der Waals surface area contributed by atoms with E-state index in [1.165, 1.54) is 5.69 Å². The van der Waals surface area contributed by atoms with Crippen LogP contribution in [0.3, 0.4) is 0 Å². The van der Waals surface area contributed by atoms with Gasteiger partial charge < -0.3 is 24.8 Å². The standard InChI is InChI=1S/C27H35N5O3/c1-20(2)18-32-19-25(23-6-4-5-7-24(23)26(32)33)29-27(34)28-12-13-30-14-16-31(17-15-30)21-8-10-22(35-3)11-9-21/h4-11,19-20H,12-18H2,1-3H3,(H2,28,29,34). The van der Waals surface area contributed by atoms with E-state index in [4.69, 9.17) is 4.74 Å². The Bertz CT molecular complexity index is 1200. The smallest absolute Gasteiger partial charge is 0.319 e. The quantitative estimate of drug-likeness (QED) is 0.518. The number of fused-ring (bicyclic) bond motifs is 1. The molecular formula is C27H35N5O3. The van der Waals surface area contributed by atoms with Crippen molar-refractivity contribution in [2.75, 3.05) is 56.6 Å². The highest BCUT2D eigenvalue weighted by molar-refractivity contribution is 6.00. The Kier molecular flexibility index (Phi) is 7.92. The minimum Gasteiger partial charge on any atom is -0.497 e. The fraction of sp³-hybridized carbons (Fsp3) is 0.407. The SMILES string of the molecule is COc1ccc(N2CCN(CCNC(=O)Nc3cn(CC(C)C)c(=O)c4ccccc34)CC2)cc1. The molecule has 0 saturated carbocycles. The maximum atomic E-state index is 12.8. The highest BCUT2D eigenvalue weighted by Gasteiger charge is 2.17. The average Bonchev–Trinajstić information content (AvgIpc) is 2.87. The molecule has 1 fully saturated rings. The summed E-state index contributed by atoms with van der Waals surface area (Å²) in [6.07, 6.45) is 1.75. The molecule has 1 aromatic heterocycles. The Morgan fingerprint density at radius 1 is 1.00 bits per heavy atom. The lowest BCUT2D eigenvalue weighted by Gasteiger charge is -2.36. The molecule has 1 aliphatic heterocycles. The summed E-state index contributed by atoms with van der Waals surface area (Å²) in [4.78, 5) is 30.2. The van der Waals surface area contributed by atoms with Crippen molar-refractivity contribution in [3.8, 4) is 5.75 Å². The summed E-state index contributed by atoms with van der Waals surface area (Å²) in [5, 5.41) is 7.29. The van der Waals surface area contributed by atoms with Crippen LogP contribution in [0.2, 0.25) is 0 Å². The van der Waals surface area contributed by atoms with Gasteiger partial charge in [-0.25, -0.2) is 4.79 Å². The van der Waals surface area contributed by atoms with E-state index in [0.29, 0.717) is 30.1 Å². The normalized spacial score (nSPS) is 14.3. The lowest BCUT2D eigenvalue weighted by atomic mass is 10.1. The van der Waals surface area contributed by atoms with Gasteiger partial charge >= 0.3 is 6.03 Å². The minimum atomic E-state index is -0.262. The summed E-state index contributed by atoms with van der Waals surface area (Å²) in [5.41, 5.74) is 1.81. The van der Waals surface area contributed by atoms with Crippen LogP contribution in [0.5, 0.6) is 5.75 Å². The Balaban J connectivity index is 1.29. The molecule has 1 aliphatic rings. The molecule has 2 N–H and O–H groups in total. The van der Waals surface area contributed by atoms with Gasteiger partial charge in [0.2, 0.25) is 0 Å². The summed E-state index contributed by atoms with van der Waals surface area (Å²) in [5.74, 6) is 1.18. The Morgan fingerprint density at radius 3 is 2.34 bits per heavy atom. The molecule has 186 valence electrons. The van der Waals surface area contributed by atoms with Crippen molar-refractivity contribution in [1.82, 2.24) is 14.8 Å². The number of urea groups is 1. The van der Waals surface area contributed by atoms with E-state index >= 15 is 0 Å². The van der Waals surface area contributed by atoms with Crippen LogP contribution >= 0.6 is 0 Å². The zero-order chi connectivity index (χ0) is 24.8. The van der Waals surface area contributed by atoms with E-state index in [1.54, 1.807) is 17.9 Å². The van der Waals surface area contributed by atoms with Gasteiger partial charge in [-0.2, -0.15) is 0 Å². The molecule has 2 amide bonds. The van der Waals surface area contributed by atoms with Gasteiger partial charge in [0.1, 0.15) is 5.75 Å². The van der Waals surface area contributed by atoms with Crippen molar-refractivity contribution in [3.05, 3.63) is 65.1 Å². The molecule has 0 bridgehead atoms. The van der Waals surface area contributed by atoms with E-state index in [9.17, 15) is 9.59 Å². The number of nitrogens with one attached hydrogen (secondary N) is 2. The number of benzene rings is 2. The summed E-state index contributed by atoms with van der Waals surface area (Å²) in [6.45, 7) is 9.86. The second kappa shape index (κ2) is 11.3. The number of nitrogens with zero attached hydrogens (tertiary/aromatic N) is 3. The second-order valence-corrected chi connectivity index (χ2v) is 9.35. The zero-order valence-electron chi connectivity index (χ0n) is 20.8. The molecule has 0 spiro atoms. The Morgan fingerprint density at radius 2 is 1.69 bits per heavy atom. The first-order chi connectivity index (χ1) is 16.9. The van der Waals surface area contributed by atoms with Gasteiger partial charge in [-0.1, -0.05) is 32.0 Å². The van der Waals surface area contributed by atoms with E-state index in [2.05, 4.69) is 46.4 Å². The number of piperazine rings is 1. The number of amides is 2. The van der Waals surface area contributed by atoms with Crippen molar-refractivity contribution >= 4 is 28.2 Å².